The molecule has 0 spiro atoms. The standard InChI is InChI=1S/C42H48N8O2/c1-9-49(41(51)29(3)4)37-19-21-39(31(7)27-37)45-43-33-11-15-35(16-12-33)47-23-25-48(26-24-47)36-17-13-34(14-18-36)44-46-40-22-20-38(28-32(40)8)50(10-2)42(52)30(5)6/h11-22,27-28H,3,5,9-10,23-26H2,1-2,4,6-8H3. The van der Waals surface area contributed by atoms with E-state index in [1.807, 2.05) is 88.4 Å². The molecule has 0 unspecified atom stereocenters. The number of benzene rings is 4. The number of amides is 2. The molecule has 0 bridgehead atoms. The van der Waals surface area contributed by atoms with Crippen LogP contribution in [-0.2, 0) is 9.59 Å². The lowest BCUT2D eigenvalue weighted by atomic mass is 10.1. The Kier molecular flexibility index (Phi) is 12.1. The van der Waals surface area contributed by atoms with Crippen LogP contribution in [0.3, 0.4) is 0 Å². The quantitative estimate of drug-likeness (QED) is 0.109. The van der Waals surface area contributed by atoms with E-state index in [4.69, 9.17) is 0 Å². The Morgan fingerprint density at radius 3 is 1.21 bits per heavy atom. The summed E-state index contributed by atoms with van der Waals surface area (Å²) in [5.41, 5.74) is 9.94. The Morgan fingerprint density at radius 2 is 0.923 bits per heavy atom. The number of carbonyl (C=O) groups excluding carboxylic acids is 2. The van der Waals surface area contributed by atoms with Crippen LogP contribution in [0.5, 0.6) is 0 Å². The SMILES string of the molecule is C=C(C)C(=O)N(CC)c1ccc(N=Nc2ccc(N3CCN(c4ccc(N=Nc5ccc(N(CC)C(=O)C(=C)C)cc5C)cc4)CC3)cc2)c(C)c1. The number of hydrogen-bond acceptors (Lipinski definition) is 8. The summed E-state index contributed by atoms with van der Waals surface area (Å²) in [6.45, 7) is 23.6. The maximum absolute atomic E-state index is 12.5. The highest BCUT2D eigenvalue weighted by atomic mass is 16.2. The summed E-state index contributed by atoms with van der Waals surface area (Å²) in [6, 6.07) is 27.9. The van der Waals surface area contributed by atoms with Gasteiger partial charge in [0, 0.05) is 73.2 Å². The smallest absolute Gasteiger partial charge is 0.253 e. The summed E-state index contributed by atoms with van der Waals surface area (Å²) >= 11 is 0. The topological polar surface area (TPSA) is 96.5 Å². The highest BCUT2D eigenvalue weighted by Crippen LogP contribution is 2.31. The third-order valence-corrected chi connectivity index (χ3v) is 9.09. The molecule has 1 aliphatic heterocycles. The zero-order chi connectivity index (χ0) is 37.4. The van der Waals surface area contributed by atoms with Gasteiger partial charge in [0.1, 0.15) is 0 Å². The molecule has 0 radical (unpaired) electrons. The molecular formula is C42H48N8O2. The average molecular weight is 697 g/mol. The molecule has 10 nitrogen and oxygen atoms in total. The number of nitrogens with zero attached hydrogens (tertiary/aromatic N) is 8. The van der Waals surface area contributed by atoms with Crippen molar-refractivity contribution >= 4 is 57.3 Å². The molecule has 1 heterocycles. The van der Waals surface area contributed by atoms with Crippen LogP contribution in [0, 0.1) is 13.8 Å². The summed E-state index contributed by atoms with van der Waals surface area (Å²) in [7, 11) is 0. The molecule has 52 heavy (non-hydrogen) atoms. The third-order valence-electron chi connectivity index (χ3n) is 9.09. The Morgan fingerprint density at radius 1 is 0.577 bits per heavy atom. The highest BCUT2D eigenvalue weighted by Gasteiger charge is 2.19. The first-order valence-corrected chi connectivity index (χ1v) is 17.7. The lowest BCUT2D eigenvalue weighted by Gasteiger charge is -2.37. The van der Waals surface area contributed by atoms with Gasteiger partial charge in [-0.15, -0.1) is 0 Å². The van der Waals surface area contributed by atoms with Crippen LogP contribution in [0.4, 0.5) is 45.5 Å². The molecule has 0 N–H and O–H groups in total. The van der Waals surface area contributed by atoms with Gasteiger partial charge in [0.2, 0.25) is 0 Å². The summed E-state index contributed by atoms with van der Waals surface area (Å²) in [6.07, 6.45) is 0. The van der Waals surface area contributed by atoms with Gasteiger partial charge in [-0.3, -0.25) is 9.59 Å². The second kappa shape index (κ2) is 16.9. The van der Waals surface area contributed by atoms with E-state index in [9.17, 15) is 9.59 Å². The van der Waals surface area contributed by atoms with Crippen LogP contribution in [0.25, 0.3) is 0 Å². The number of aryl methyl sites for hydroxylation is 2. The van der Waals surface area contributed by atoms with Crippen LogP contribution in [0.2, 0.25) is 0 Å². The number of hydrogen-bond donors (Lipinski definition) is 0. The van der Waals surface area contributed by atoms with E-state index in [1.54, 1.807) is 23.6 Å². The van der Waals surface area contributed by atoms with E-state index in [0.29, 0.717) is 24.2 Å². The fraction of sp³-hybridized carbons (Fsp3) is 0.286. The fourth-order valence-electron chi connectivity index (χ4n) is 6.09. The maximum atomic E-state index is 12.5. The number of azo groups is 2. The second-order valence-electron chi connectivity index (χ2n) is 13.0. The molecule has 1 saturated heterocycles. The summed E-state index contributed by atoms with van der Waals surface area (Å²) in [4.78, 5) is 33.2. The maximum Gasteiger partial charge on any atom is 0.253 e. The van der Waals surface area contributed by atoms with E-state index in [2.05, 4.69) is 67.7 Å². The predicted octanol–water partition coefficient (Wildman–Crippen LogP) is 10.3. The molecule has 1 aliphatic rings. The van der Waals surface area contributed by atoms with E-state index < -0.39 is 0 Å². The summed E-state index contributed by atoms with van der Waals surface area (Å²) < 4.78 is 0. The number of likely N-dealkylation sites (N-methyl/N-ethyl adjacent to an activating group) is 2. The van der Waals surface area contributed by atoms with Crippen LogP contribution >= 0.6 is 0 Å². The van der Waals surface area contributed by atoms with Crippen molar-refractivity contribution in [3.63, 3.8) is 0 Å². The summed E-state index contributed by atoms with van der Waals surface area (Å²) in [5, 5.41) is 17.9. The van der Waals surface area contributed by atoms with Gasteiger partial charge in [-0.05, 0) is 138 Å². The van der Waals surface area contributed by atoms with Crippen molar-refractivity contribution in [1.82, 2.24) is 0 Å². The Hall–Kier alpha value is -5.90. The number of carbonyl (C=O) groups is 2. The van der Waals surface area contributed by atoms with Gasteiger partial charge >= 0.3 is 0 Å². The number of piperazine rings is 1. The van der Waals surface area contributed by atoms with E-state index >= 15 is 0 Å². The van der Waals surface area contributed by atoms with Gasteiger partial charge in [0.25, 0.3) is 11.8 Å². The molecule has 0 atom stereocenters. The minimum absolute atomic E-state index is 0.0828. The molecule has 268 valence electrons. The zero-order valence-corrected chi connectivity index (χ0v) is 31.1. The molecule has 0 saturated carbocycles. The molecule has 4 aromatic carbocycles. The first-order valence-electron chi connectivity index (χ1n) is 17.7. The zero-order valence-electron chi connectivity index (χ0n) is 31.1. The van der Waals surface area contributed by atoms with Crippen molar-refractivity contribution in [3.8, 4) is 0 Å². The monoisotopic (exact) mass is 696 g/mol. The van der Waals surface area contributed by atoms with E-state index in [0.717, 1.165) is 82.8 Å². The van der Waals surface area contributed by atoms with Crippen molar-refractivity contribution in [1.29, 1.82) is 0 Å². The van der Waals surface area contributed by atoms with Crippen LogP contribution in [0.1, 0.15) is 38.8 Å². The van der Waals surface area contributed by atoms with Crippen molar-refractivity contribution in [2.24, 2.45) is 20.5 Å². The fourth-order valence-corrected chi connectivity index (χ4v) is 6.09. The highest BCUT2D eigenvalue weighted by molar-refractivity contribution is 6.05. The van der Waals surface area contributed by atoms with Crippen molar-refractivity contribution in [3.05, 3.63) is 120 Å². The van der Waals surface area contributed by atoms with Gasteiger partial charge in [0.05, 0.1) is 22.7 Å². The lowest BCUT2D eigenvalue weighted by Crippen LogP contribution is -2.46. The van der Waals surface area contributed by atoms with Crippen LogP contribution in [0.15, 0.2) is 130 Å². The molecule has 4 aromatic rings. The predicted molar refractivity (Wildman–Crippen MR) is 214 cm³/mol. The summed E-state index contributed by atoms with van der Waals surface area (Å²) in [5.74, 6) is -0.166. The Balaban J connectivity index is 1.14. The van der Waals surface area contributed by atoms with Gasteiger partial charge < -0.3 is 19.6 Å². The minimum Gasteiger partial charge on any atom is -0.368 e. The normalized spacial score (nSPS) is 13.1. The van der Waals surface area contributed by atoms with Gasteiger partial charge in [0.15, 0.2) is 0 Å². The number of anilines is 4. The Labute approximate surface area is 307 Å². The third kappa shape index (κ3) is 8.87. The largest absolute Gasteiger partial charge is 0.368 e. The van der Waals surface area contributed by atoms with Crippen molar-refractivity contribution < 1.29 is 9.59 Å². The van der Waals surface area contributed by atoms with Crippen molar-refractivity contribution in [2.45, 2.75) is 41.5 Å². The van der Waals surface area contributed by atoms with Gasteiger partial charge in [-0.2, -0.15) is 20.5 Å². The molecule has 0 aromatic heterocycles. The molecule has 0 aliphatic carbocycles. The number of rotatable bonds is 12. The molecule has 5 rings (SSSR count). The molecular weight excluding hydrogens is 649 g/mol. The molecule has 10 heteroatoms. The van der Waals surface area contributed by atoms with Gasteiger partial charge in [-0.25, -0.2) is 0 Å². The first kappa shape index (κ1) is 37.4. The lowest BCUT2D eigenvalue weighted by molar-refractivity contribution is -0.115. The Bertz CT molecular complexity index is 1850. The molecule has 1 fully saturated rings. The van der Waals surface area contributed by atoms with Gasteiger partial charge in [-0.1, -0.05) is 13.2 Å². The average Bonchev–Trinajstić information content (AvgIpc) is 3.15. The van der Waals surface area contributed by atoms with E-state index in [-0.39, 0.29) is 11.8 Å². The van der Waals surface area contributed by atoms with Crippen molar-refractivity contribution in [2.75, 3.05) is 58.9 Å². The minimum atomic E-state index is -0.0828. The van der Waals surface area contributed by atoms with E-state index in [1.165, 1.54) is 0 Å². The van der Waals surface area contributed by atoms with Crippen LogP contribution in [-0.4, -0.2) is 51.1 Å². The second-order valence-corrected chi connectivity index (χ2v) is 13.0. The first-order chi connectivity index (χ1) is 25.0. The molecule has 2 amide bonds. The van der Waals surface area contributed by atoms with Crippen LogP contribution < -0.4 is 19.6 Å².